The second-order valence-electron chi connectivity index (χ2n) is 1.85. The van der Waals surface area contributed by atoms with Crippen LogP contribution in [-0.4, -0.2) is 16.9 Å². The Balaban J connectivity index is 3.25. The Morgan fingerprint density at radius 2 is 2.20 bits per heavy atom. The van der Waals surface area contributed by atoms with E-state index in [1.165, 1.54) is 16.9 Å². The van der Waals surface area contributed by atoms with Crippen molar-refractivity contribution in [1.29, 1.82) is 5.26 Å². The molecule has 0 heterocycles. The maximum absolute atomic E-state index is 8.52. The molecule has 1 aromatic carbocycles. The molecule has 1 unspecified atom stereocenters. The molecule has 0 bridgehead atoms. The Morgan fingerprint density at radius 3 is 2.70 bits per heavy atom. The molecule has 0 amide bonds. The topological polar surface area (TPSA) is 23.8 Å². The number of nitrogens with zero attached hydrogens (tertiary/aromatic N) is 1. The standard InChI is InChI=1S/C7H5AsClN/c8-6-1-2-7(9)5(3-6)4-10/h1-3H,8H2. The molecule has 0 fully saturated rings. The summed E-state index contributed by atoms with van der Waals surface area (Å²) in [6.07, 6.45) is 0. The summed E-state index contributed by atoms with van der Waals surface area (Å²) in [4.78, 5) is 0. The van der Waals surface area contributed by atoms with E-state index < -0.39 is 0 Å². The van der Waals surface area contributed by atoms with Crippen molar-refractivity contribution in [2.75, 3.05) is 0 Å². The Morgan fingerprint density at radius 1 is 1.50 bits per heavy atom. The Kier molecular flexibility index (Phi) is 2.38. The van der Waals surface area contributed by atoms with Crippen LogP contribution in [0.5, 0.6) is 0 Å². The van der Waals surface area contributed by atoms with E-state index in [2.05, 4.69) is 0 Å². The fourth-order valence-corrected chi connectivity index (χ4v) is 1.34. The Bertz CT molecular complexity index is 290. The molecule has 10 heavy (non-hydrogen) atoms. The third-order valence-electron chi connectivity index (χ3n) is 1.11. The first-order valence-corrected chi connectivity index (χ1v) is 4.28. The van der Waals surface area contributed by atoms with E-state index in [4.69, 9.17) is 16.9 Å². The van der Waals surface area contributed by atoms with Gasteiger partial charge in [-0.05, 0) is 0 Å². The van der Waals surface area contributed by atoms with Crippen molar-refractivity contribution in [1.82, 2.24) is 0 Å². The summed E-state index contributed by atoms with van der Waals surface area (Å²) in [7, 11) is 0. The van der Waals surface area contributed by atoms with Crippen LogP contribution in [-0.2, 0) is 0 Å². The average molecular weight is 213 g/mol. The van der Waals surface area contributed by atoms with Gasteiger partial charge in [-0.3, -0.25) is 0 Å². The van der Waals surface area contributed by atoms with Crippen LogP contribution in [0.2, 0.25) is 5.02 Å². The molecule has 1 aromatic rings. The minimum absolute atomic E-state index is 0.531. The van der Waals surface area contributed by atoms with E-state index in [0.29, 0.717) is 10.6 Å². The first-order valence-electron chi connectivity index (χ1n) is 2.69. The monoisotopic (exact) mass is 213 g/mol. The first-order chi connectivity index (χ1) is 4.74. The fraction of sp³-hybridized carbons (Fsp3) is 0. The number of benzene rings is 1. The van der Waals surface area contributed by atoms with Gasteiger partial charge in [-0.15, -0.1) is 0 Å². The van der Waals surface area contributed by atoms with Gasteiger partial charge in [0.15, 0.2) is 0 Å². The second-order valence-corrected chi connectivity index (χ2v) is 3.66. The van der Waals surface area contributed by atoms with E-state index >= 15 is 0 Å². The number of rotatable bonds is 0. The third-order valence-corrected chi connectivity index (χ3v) is 2.19. The number of nitriles is 1. The summed E-state index contributed by atoms with van der Waals surface area (Å²) in [6, 6.07) is 7.46. The van der Waals surface area contributed by atoms with Gasteiger partial charge in [0.2, 0.25) is 0 Å². The molecule has 0 aliphatic heterocycles. The molecule has 0 saturated carbocycles. The van der Waals surface area contributed by atoms with E-state index in [1.54, 1.807) is 12.1 Å². The SMILES string of the molecule is N#Cc1cc([AsH2])ccc1Cl. The zero-order valence-corrected chi connectivity index (χ0v) is 8.31. The molecule has 0 N–H and O–H groups in total. The van der Waals surface area contributed by atoms with Gasteiger partial charge in [-0.1, -0.05) is 0 Å². The van der Waals surface area contributed by atoms with Crippen molar-refractivity contribution in [2.24, 2.45) is 0 Å². The van der Waals surface area contributed by atoms with Gasteiger partial charge < -0.3 is 0 Å². The first kappa shape index (κ1) is 7.66. The van der Waals surface area contributed by atoms with Crippen molar-refractivity contribution in [2.45, 2.75) is 0 Å². The molecule has 3 heteroatoms. The minimum atomic E-state index is 0.531. The molecule has 1 rings (SSSR count). The van der Waals surface area contributed by atoms with Crippen LogP contribution in [0, 0.1) is 11.3 Å². The van der Waals surface area contributed by atoms with Crippen molar-refractivity contribution < 1.29 is 0 Å². The van der Waals surface area contributed by atoms with Crippen LogP contribution in [0.25, 0.3) is 0 Å². The van der Waals surface area contributed by atoms with E-state index in [9.17, 15) is 0 Å². The van der Waals surface area contributed by atoms with Crippen molar-refractivity contribution in [3.63, 3.8) is 0 Å². The van der Waals surface area contributed by atoms with Crippen LogP contribution in [0.15, 0.2) is 18.2 Å². The van der Waals surface area contributed by atoms with Crippen LogP contribution < -0.4 is 4.35 Å². The third kappa shape index (κ3) is 1.53. The molecule has 1 atom stereocenters. The molecule has 0 radical (unpaired) electrons. The number of hydrogen-bond donors (Lipinski definition) is 0. The van der Waals surface area contributed by atoms with E-state index in [1.807, 2.05) is 12.1 Å². The van der Waals surface area contributed by atoms with Gasteiger partial charge in [-0.25, -0.2) is 0 Å². The molecule has 0 aliphatic carbocycles. The van der Waals surface area contributed by atoms with Gasteiger partial charge in [0.05, 0.1) is 0 Å². The quantitative estimate of drug-likeness (QED) is 0.575. The van der Waals surface area contributed by atoms with Crippen LogP contribution in [0.4, 0.5) is 0 Å². The van der Waals surface area contributed by atoms with Crippen molar-refractivity contribution >= 4 is 32.8 Å². The summed E-state index contributed by atoms with van der Waals surface area (Å²) >= 11 is 7.18. The molecular weight excluding hydrogens is 208 g/mol. The summed E-state index contributed by atoms with van der Waals surface area (Å²) in [5, 5.41) is 9.05. The maximum atomic E-state index is 8.52. The second kappa shape index (κ2) is 3.10. The van der Waals surface area contributed by atoms with Crippen LogP contribution in [0.3, 0.4) is 0 Å². The Hall–Kier alpha value is -0.442. The summed E-state index contributed by atoms with van der Waals surface area (Å²) < 4.78 is 1.12. The number of hydrogen-bond acceptors (Lipinski definition) is 1. The average Bonchev–Trinajstić information content (AvgIpc) is 1.94. The van der Waals surface area contributed by atoms with E-state index in [0.717, 1.165) is 4.35 Å². The fourth-order valence-electron chi connectivity index (χ4n) is 0.629. The molecule has 0 aromatic heterocycles. The summed E-state index contributed by atoms with van der Waals surface area (Å²) in [6.45, 7) is 0. The normalized spacial score (nSPS) is 8.90. The van der Waals surface area contributed by atoms with Gasteiger partial charge in [-0.2, -0.15) is 0 Å². The predicted molar refractivity (Wildman–Crippen MR) is 44.3 cm³/mol. The molecule has 1 nitrogen and oxygen atoms in total. The van der Waals surface area contributed by atoms with Crippen LogP contribution >= 0.6 is 11.6 Å². The zero-order chi connectivity index (χ0) is 7.56. The van der Waals surface area contributed by atoms with Gasteiger partial charge in [0.1, 0.15) is 0 Å². The molecule has 50 valence electrons. The Labute approximate surface area is 73.1 Å². The van der Waals surface area contributed by atoms with Crippen LogP contribution in [0.1, 0.15) is 5.56 Å². The molecule has 0 spiro atoms. The van der Waals surface area contributed by atoms with Gasteiger partial charge in [0.25, 0.3) is 0 Å². The summed E-state index contributed by atoms with van der Waals surface area (Å²) in [5.74, 6) is 0. The van der Waals surface area contributed by atoms with Crippen molar-refractivity contribution in [3.8, 4) is 6.07 Å². The summed E-state index contributed by atoms with van der Waals surface area (Å²) in [5.41, 5.74) is 0.559. The molecule has 0 saturated heterocycles. The van der Waals surface area contributed by atoms with Gasteiger partial charge >= 0.3 is 72.9 Å². The van der Waals surface area contributed by atoms with E-state index in [-0.39, 0.29) is 0 Å². The van der Waals surface area contributed by atoms with Gasteiger partial charge in [0, 0.05) is 0 Å². The molecule has 0 aliphatic rings. The predicted octanol–water partition coefficient (Wildman–Crippen LogP) is 0.470. The number of halogens is 1. The molecular formula is C7H5AsClN. The van der Waals surface area contributed by atoms with Crippen molar-refractivity contribution in [3.05, 3.63) is 28.8 Å². The zero-order valence-electron chi connectivity index (χ0n) is 5.13.